The molecule has 3 nitrogen and oxygen atoms in total. The fourth-order valence-electron chi connectivity index (χ4n) is 1.53. The van der Waals surface area contributed by atoms with Crippen molar-refractivity contribution in [3.8, 4) is 0 Å². The Kier molecular flexibility index (Phi) is 2.97. The predicted octanol–water partition coefficient (Wildman–Crippen LogP) is 1.71. The van der Waals surface area contributed by atoms with Gasteiger partial charge in [0, 0.05) is 23.6 Å². The van der Waals surface area contributed by atoms with Crippen LogP contribution in [0.25, 0.3) is 10.9 Å². The molecule has 2 aromatic rings. The predicted molar refractivity (Wildman–Crippen MR) is 64.0 cm³/mol. The lowest BCUT2D eigenvalue weighted by Crippen LogP contribution is -2.23. The van der Waals surface area contributed by atoms with E-state index in [9.17, 15) is 4.79 Å². The van der Waals surface area contributed by atoms with Gasteiger partial charge in [-0.15, -0.1) is 0 Å². The van der Waals surface area contributed by atoms with Crippen LogP contribution in [0.2, 0.25) is 0 Å². The van der Waals surface area contributed by atoms with Gasteiger partial charge in [-0.3, -0.25) is 4.79 Å². The first-order chi connectivity index (χ1) is 7.31. The van der Waals surface area contributed by atoms with Crippen LogP contribution in [0, 0.1) is 0 Å². The van der Waals surface area contributed by atoms with Crippen molar-refractivity contribution >= 4 is 29.4 Å². The number of para-hydroxylation sites is 1. The summed E-state index contributed by atoms with van der Waals surface area (Å²) in [6.07, 6.45) is 1.92. The van der Waals surface area contributed by atoms with E-state index in [2.05, 4.69) is 22.9 Å². The van der Waals surface area contributed by atoms with Crippen LogP contribution < -0.4 is 5.32 Å². The maximum atomic E-state index is 11.0. The zero-order chi connectivity index (χ0) is 10.7. The molecular weight excluding hydrogens is 208 g/mol. The number of thiol groups is 1. The first kappa shape index (κ1) is 10.1. The summed E-state index contributed by atoms with van der Waals surface area (Å²) in [5, 5.41) is 3.94. The Hall–Kier alpha value is -1.42. The summed E-state index contributed by atoms with van der Waals surface area (Å²) >= 11 is 3.90. The van der Waals surface area contributed by atoms with Crippen LogP contribution in [-0.2, 0) is 11.3 Å². The zero-order valence-electron chi connectivity index (χ0n) is 8.16. The Morgan fingerprint density at radius 1 is 1.40 bits per heavy atom. The first-order valence-corrected chi connectivity index (χ1v) is 5.37. The van der Waals surface area contributed by atoms with Crippen LogP contribution in [0.3, 0.4) is 0 Å². The highest BCUT2D eigenvalue weighted by Gasteiger charge is 2.03. The molecule has 4 heteroatoms. The molecule has 78 valence electrons. The van der Waals surface area contributed by atoms with Gasteiger partial charge in [0.05, 0.1) is 5.75 Å². The number of aromatic amines is 1. The molecule has 1 heterocycles. The normalized spacial score (nSPS) is 10.5. The van der Waals surface area contributed by atoms with Gasteiger partial charge in [-0.2, -0.15) is 12.6 Å². The molecule has 0 unspecified atom stereocenters. The lowest BCUT2D eigenvalue weighted by atomic mass is 10.2. The number of fused-ring (bicyclic) bond motifs is 1. The molecule has 0 aliphatic heterocycles. The van der Waals surface area contributed by atoms with Crippen LogP contribution >= 0.6 is 12.6 Å². The minimum absolute atomic E-state index is 0.0522. The molecule has 0 aliphatic carbocycles. The van der Waals surface area contributed by atoms with Gasteiger partial charge in [-0.25, -0.2) is 0 Å². The molecule has 2 rings (SSSR count). The summed E-state index contributed by atoms with van der Waals surface area (Å²) < 4.78 is 0. The van der Waals surface area contributed by atoms with Crippen molar-refractivity contribution in [3.63, 3.8) is 0 Å². The van der Waals surface area contributed by atoms with Crippen LogP contribution in [0.4, 0.5) is 0 Å². The van der Waals surface area contributed by atoms with E-state index in [0.29, 0.717) is 6.54 Å². The number of hydrogen-bond acceptors (Lipinski definition) is 2. The molecule has 2 N–H and O–H groups in total. The van der Waals surface area contributed by atoms with Crippen molar-refractivity contribution in [2.45, 2.75) is 6.54 Å². The van der Waals surface area contributed by atoms with Crippen LogP contribution in [0.15, 0.2) is 30.5 Å². The third kappa shape index (κ3) is 2.15. The Morgan fingerprint density at radius 3 is 3.00 bits per heavy atom. The lowest BCUT2D eigenvalue weighted by molar-refractivity contribution is -0.118. The second-order valence-corrected chi connectivity index (χ2v) is 3.61. The smallest absolute Gasteiger partial charge is 0.229 e. The van der Waals surface area contributed by atoms with Crippen LogP contribution in [0.1, 0.15) is 5.56 Å². The fourth-order valence-corrected chi connectivity index (χ4v) is 1.64. The van der Waals surface area contributed by atoms with E-state index in [1.54, 1.807) is 0 Å². The SMILES string of the molecule is O=C(CS)NCc1c[nH]c2ccccc12. The van der Waals surface area contributed by atoms with Gasteiger partial charge >= 0.3 is 0 Å². The molecule has 0 radical (unpaired) electrons. The molecule has 15 heavy (non-hydrogen) atoms. The van der Waals surface area contributed by atoms with Crippen molar-refractivity contribution in [2.75, 3.05) is 5.75 Å². The second-order valence-electron chi connectivity index (χ2n) is 3.29. The number of carbonyl (C=O) groups excluding carboxylic acids is 1. The van der Waals surface area contributed by atoms with Crippen molar-refractivity contribution in [3.05, 3.63) is 36.0 Å². The number of amides is 1. The molecule has 0 aliphatic rings. The van der Waals surface area contributed by atoms with Gasteiger partial charge in [0.15, 0.2) is 0 Å². The number of H-pyrrole nitrogens is 1. The first-order valence-electron chi connectivity index (χ1n) is 4.74. The monoisotopic (exact) mass is 220 g/mol. The minimum Gasteiger partial charge on any atom is -0.361 e. The zero-order valence-corrected chi connectivity index (χ0v) is 9.05. The minimum atomic E-state index is -0.0522. The number of rotatable bonds is 3. The topological polar surface area (TPSA) is 44.9 Å². The standard InChI is InChI=1S/C11H12N2OS/c14-11(7-15)13-6-8-5-12-10-4-2-1-3-9(8)10/h1-5,12,15H,6-7H2,(H,13,14). The summed E-state index contributed by atoms with van der Waals surface area (Å²) in [4.78, 5) is 14.2. The Morgan fingerprint density at radius 2 is 2.20 bits per heavy atom. The van der Waals surface area contributed by atoms with Gasteiger partial charge in [-0.1, -0.05) is 18.2 Å². The Balaban J connectivity index is 2.18. The number of carbonyl (C=O) groups is 1. The average Bonchev–Trinajstić information content (AvgIpc) is 2.69. The van der Waals surface area contributed by atoms with E-state index in [0.717, 1.165) is 16.5 Å². The van der Waals surface area contributed by atoms with Crippen molar-refractivity contribution < 1.29 is 4.79 Å². The summed E-state index contributed by atoms with van der Waals surface area (Å²) in [6, 6.07) is 8.02. The van der Waals surface area contributed by atoms with E-state index in [4.69, 9.17) is 0 Å². The number of benzene rings is 1. The summed E-state index contributed by atoms with van der Waals surface area (Å²) in [5.74, 6) is 0.172. The molecule has 0 atom stereocenters. The summed E-state index contributed by atoms with van der Waals surface area (Å²) in [7, 11) is 0. The van der Waals surface area contributed by atoms with E-state index in [1.165, 1.54) is 0 Å². The molecule has 0 saturated carbocycles. The van der Waals surface area contributed by atoms with E-state index >= 15 is 0 Å². The van der Waals surface area contributed by atoms with E-state index in [1.807, 2.05) is 30.5 Å². The van der Waals surface area contributed by atoms with Crippen LogP contribution in [0.5, 0.6) is 0 Å². The van der Waals surface area contributed by atoms with Crippen LogP contribution in [-0.4, -0.2) is 16.6 Å². The second kappa shape index (κ2) is 4.40. The molecule has 0 fully saturated rings. The average molecular weight is 220 g/mol. The lowest BCUT2D eigenvalue weighted by Gasteiger charge is -2.01. The molecule has 0 saturated heterocycles. The van der Waals surface area contributed by atoms with Gasteiger partial charge in [-0.05, 0) is 11.6 Å². The molecule has 0 spiro atoms. The number of hydrogen-bond donors (Lipinski definition) is 3. The molecular formula is C11H12N2OS. The third-order valence-corrected chi connectivity index (χ3v) is 2.58. The number of aromatic nitrogens is 1. The third-order valence-electron chi connectivity index (χ3n) is 2.29. The van der Waals surface area contributed by atoms with E-state index in [-0.39, 0.29) is 11.7 Å². The highest BCUT2D eigenvalue weighted by Crippen LogP contribution is 2.17. The Labute approximate surface area is 93.3 Å². The van der Waals surface area contributed by atoms with E-state index < -0.39 is 0 Å². The Bertz CT molecular complexity index is 478. The molecule has 1 aromatic heterocycles. The van der Waals surface area contributed by atoms with Crippen molar-refractivity contribution in [1.82, 2.24) is 10.3 Å². The molecule has 1 amide bonds. The van der Waals surface area contributed by atoms with Gasteiger partial charge in [0.1, 0.15) is 0 Å². The molecule has 0 bridgehead atoms. The molecule has 1 aromatic carbocycles. The summed E-state index contributed by atoms with van der Waals surface area (Å²) in [6.45, 7) is 0.545. The maximum absolute atomic E-state index is 11.0. The van der Waals surface area contributed by atoms with Gasteiger partial charge in [0.25, 0.3) is 0 Å². The number of nitrogens with one attached hydrogen (secondary N) is 2. The summed E-state index contributed by atoms with van der Waals surface area (Å²) in [5.41, 5.74) is 2.19. The maximum Gasteiger partial charge on any atom is 0.229 e. The largest absolute Gasteiger partial charge is 0.361 e. The highest BCUT2D eigenvalue weighted by molar-refractivity contribution is 7.81. The van der Waals surface area contributed by atoms with Gasteiger partial charge < -0.3 is 10.3 Å². The van der Waals surface area contributed by atoms with Gasteiger partial charge in [0.2, 0.25) is 5.91 Å². The van der Waals surface area contributed by atoms with Crippen molar-refractivity contribution in [2.24, 2.45) is 0 Å². The highest BCUT2D eigenvalue weighted by atomic mass is 32.1. The fraction of sp³-hybridized carbons (Fsp3) is 0.182. The quantitative estimate of drug-likeness (QED) is 0.677. The van der Waals surface area contributed by atoms with Crippen molar-refractivity contribution in [1.29, 1.82) is 0 Å².